The van der Waals surface area contributed by atoms with Crippen LogP contribution in [0.3, 0.4) is 0 Å². The Labute approximate surface area is 133 Å². The third-order valence-corrected chi connectivity index (χ3v) is 3.85. The summed E-state index contributed by atoms with van der Waals surface area (Å²) < 4.78 is 10.6. The molecular weight excluding hydrogens is 280 g/mol. The molecule has 0 aromatic carbocycles. The zero-order valence-electron chi connectivity index (χ0n) is 14.2. The monoisotopic (exact) mass is 310 g/mol. The molecular formula is C18H30O4. The molecule has 0 atom stereocenters. The second-order valence-electron chi connectivity index (χ2n) is 5.81. The minimum atomic E-state index is -0.298. The number of rotatable bonds is 11. The van der Waals surface area contributed by atoms with Gasteiger partial charge in [0.2, 0.25) is 11.5 Å². The van der Waals surface area contributed by atoms with Crippen LogP contribution in [0.1, 0.15) is 83.2 Å². The van der Waals surface area contributed by atoms with E-state index in [1.807, 2.05) is 6.92 Å². The van der Waals surface area contributed by atoms with Crippen LogP contribution in [-0.2, 0) is 11.2 Å². The van der Waals surface area contributed by atoms with E-state index in [2.05, 4.69) is 6.92 Å². The van der Waals surface area contributed by atoms with Crippen LogP contribution >= 0.6 is 0 Å². The summed E-state index contributed by atoms with van der Waals surface area (Å²) in [5, 5.41) is 9.90. The molecule has 0 unspecified atom stereocenters. The average Bonchev–Trinajstić information content (AvgIpc) is 2.77. The fourth-order valence-corrected chi connectivity index (χ4v) is 2.50. The number of ether oxygens (including phenoxy) is 1. The Morgan fingerprint density at radius 2 is 1.64 bits per heavy atom. The minimum absolute atomic E-state index is 0.0377. The molecule has 1 N–H and O–H groups in total. The molecule has 0 aliphatic carbocycles. The Balaban J connectivity index is 2.20. The highest BCUT2D eigenvalue weighted by Gasteiger charge is 2.19. The Morgan fingerprint density at radius 3 is 2.18 bits per heavy atom. The molecule has 1 aromatic rings. The highest BCUT2D eigenvalue weighted by atomic mass is 16.6. The number of carbonyl (C=O) groups excluding carboxylic acids is 1. The van der Waals surface area contributed by atoms with Crippen LogP contribution in [0.2, 0.25) is 0 Å². The van der Waals surface area contributed by atoms with E-state index >= 15 is 0 Å². The zero-order chi connectivity index (χ0) is 16.4. The Kier molecular flexibility index (Phi) is 8.71. The van der Waals surface area contributed by atoms with Crippen LogP contribution in [0, 0.1) is 6.92 Å². The van der Waals surface area contributed by atoms with Gasteiger partial charge >= 0.3 is 5.97 Å². The van der Waals surface area contributed by atoms with Crippen LogP contribution in [0.25, 0.3) is 0 Å². The largest absolute Gasteiger partial charge is 0.502 e. The van der Waals surface area contributed by atoms with E-state index < -0.39 is 0 Å². The second-order valence-corrected chi connectivity index (χ2v) is 5.81. The SMILES string of the molecule is CCCCCCCCCCC(=O)Oc1c(C)oc(CC)c1O. The maximum Gasteiger partial charge on any atom is 0.311 e. The number of furan rings is 1. The lowest BCUT2D eigenvalue weighted by Crippen LogP contribution is -2.07. The number of unbranched alkanes of at least 4 members (excludes halogenated alkanes) is 7. The third kappa shape index (κ3) is 6.12. The highest BCUT2D eigenvalue weighted by Crippen LogP contribution is 2.37. The van der Waals surface area contributed by atoms with Crippen LogP contribution < -0.4 is 4.74 Å². The summed E-state index contributed by atoms with van der Waals surface area (Å²) in [5.74, 6) is 0.768. The molecule has 0 saturated carbocycles. The van der Waals surface area contributed by atoms with E-state index in [4.69, 9.17) is 9.15 Å². The number of aryl methyl sites for hydroxylation is 2. The Hall–Kier alpha value is -1.45. The molecule has 4 nitrogen and oxygen atoms in total. The quantitative estimate of drug-likeness (QED) is 0.445. The van der Waals surface area contributed by atoms with Crippen molar-refractivity contribution in [2.24, 2.45) is 0 Å². The van der Waals surface area contributed by atoms with Crippen LogP contribution in [0.4, 0.5) is 0 Å². The van der Waals surface area contributed by atoms with Crippen molar-refractivity contribution in [3.8, 4) is 11.5 Å². The molecule has 126 valence electrons. The van der Waals surface area contributed by atoms with E-state index in [9.17, 15) is 9.90 Å². The lowest BCUT2D eigenvalue weighted by Gasteiger charge is -2.04. The smallest absolute Gasteiger partial charge is 0.311 e. The van der Waals surface area contributed by atoms with E-state index in [1.54, 1.807) is 6.92 Å². The van der Waals surface area contributed by atoms with Crippen molar-refractivity contribution in [3.63, 3.8) is 0 Å². The summed E-state index contributed by atoms with van der Waals surface area (Å²) in [6.45, 7) is 5.79. The van der Waals surface area contributed by atoms with E-state index in [0.29, 0.717) is 24.4 Å². The van der Waals surface area contributed by atoms with Gasteiger partial charge in [-0.15, -0.1) is 0 Å². The summed E-state index contributed by atoms with van der Waals surface area (Å²) in [6, 6.07) is 0. The summed E-state index contributed by atoms with van der Waals surface area (Å²) in [5.41, 5.74) is 0. The molecule has 22 heavy (non-hydrogen) atoms. The molecule has 1 rings (SSSR count). The molecule has 1 aromatic heterocycles. The summed E-state index contributed by atoms with van der Waals surface area (Å²) in [6.07, 6.45) is 10.5. The molecule has 0 spiro atoms. The summed E-state index contributed by atoms with van der Waals surface area (Å²) in [7, 11) is 0. The average molecular weight is 310 g/mol. The van der Waals surface area contributed by atoms with Crippen molar-refractivity contribution >= 4 is 5.97 Å². The van der Waals surface area contributed by atoms with Crippen LogP contribution in [0.15, 0.2) is 4.42 Å². The maximum atomic E-state index is 11.8. The second kappa shape index (κ2) is 10.3. The van der Waals surface area contributed by atoms with Crippen LogP contribution in [0.5, 0.6) is 11.5 Å². The number of esters is 1. The van der Waals surface area contributed by atoms with Crippen molar-refractivity contribution < 1.29 is 19.1 Å². The van der Waals surface area contributed by atoms with Crippen molar-refractivity contribution in [2.45, 2.75) is 85.0 Å². The van der Waals surface area contributed by atoms with Gasteiger partial charge in [-0.05, 0) is 13.3 Å². The first-order valence-electron chi connectivity index (χ1n) is 8.62. The van der Waals surface area contributed by atoms with Crippen molar-refractivity contribution in [1.82, 2.24) is 0 Å². The van der Waals surface area contributed by atoms with Gasteiger partial charge < -0.3 is 14.3 Å². The molecule has 4 heteroatoms. The van der Waals surface area contributed by atoms with Crippen LogP contribution in [-0.4, -0.2) is 11.1 Å². The lowest BCUT2D eigenvalue weighted by atomic mass is 10.1. The van der Waals surface area contributed by atoms with Gasteiger partial charge in [0.25, 0.3) is 0 Å². The molecule has 0 aliphatic rings. The van der Waals surface area contributed by atoms with E-state index in [0.717, 1.165) is 12.8 Å². The predicted octanol–water partition coefficient (Wildman–Crippen LogP) is 5.29. The number of aromatic hydroxyl groups is 1. The molecule has 0 bridgehead atoms. The van der Waals surface area contributed by atoms with Crippen molar-refractivity contribution in [3.05, 3.63) is 11.5 Å². The fourth-order valence-electron chi connectivity index (χ4n) is 2.50. The number of hydrogen-bond acceptors (Lipinski definition) is 4. The highest BCUT2D eigenvalue weighted by molar-refractivity contribution is 5.73. The first kappa shape index (κ1) is 18.6. The first-order chi connectivity index (χ1) is 10.6. The molecule has 1 heterocycles. The van der Waals surface area contributed by atoms with Gasteiger partial charge in [-0.2, -0.15) is 0 Å². The summed E-state index contributed by atoms with van der Waals surface area (Å²) in [4.78, 5) is 11.8. The first-order valence-corrected chi connectivity index (χ1v) is 8.62. The normalized spacial score (nSPS) is 10.9. The maximum absolute atomic E-state index is 11.8. The third-order valence-electron chi connectivity index (χ3n) is 3.85. The van der Waals surface area contributed by atoms with E-state index in [-0.39, 0.29) is 17.5 Å². The van der Waals surface area contributed by atoms with Crippen molar-refractivity contribution in [1.29, 1.82) is 0 Å². The standard InChI is InChI=1S/C18H30O4/c1-4-6-7-8-9-10-11-12-13-16(19)22-18-14(3)21-15(5-2)17(18)20/h20H,4-13H2,1-3H3. The van der Waals surface area contributed by atoms with Gasteiger partial charge in [0.15, 0.2) is 0 Å². The molecule has 0 aliphatic heterocycles. The number of hydrogen-bond donors (Lipinski definition) is 1. The fraction of sp³-hybridized carbons (Fsp3) is 0.722. The lowest BCUT2D eigenvalue weighted by molar-refractivity contribution is -0.134. The Morgan fingerprint density at radius 1 is 1.05 bits per heavy atom. The minimum Gasteiger partial charge on any atom is -0.502 e. The number of carbonyl (C=O) groups is 1. The molecule has 0 saturated heterocycles. The zero-order valence-corrected chi connectivity index (χ0v) is 14.2. The van der Waals surface area contributed by atoms with Gasteiger partial charge in [0.1, 0.15) is 11.5 Å². The van der Waals surface area contributed by atoms with Crippen molar-refractivity contribution in [2.75, 3.05) is 0 Å². The molecule has 0 radical (unpaired) electrons. The predicted molar refractivity (Wildman–Crippen MR) is 87.3 cm³/mol. The molecule has 0 fully saturated rings. The van der Waals surface area contributed by atoms with Gasteiger partial charge in [-0.3, -0.25) is 4.79 Å². The van der Waals surface area contributed by atoms with E-state index in [1.165, 1.54) is 38.5 Å². The molecule has 0 amide bonds. The van der Waals surface area contributed by atoms with Gasteiger partial charge in [0.05, 0.1) is 0 Å². The van der Waals surface area contributed by atoms with Gasteiger partial charge in [0, 0.05) is 12.8 Å². The summed E-state index contributed by atoms with van der Waals surface area (Å²) >= 11 is 0. The van der Waals surface area contributed by atoms with Gasteiger partial charge in [-0.1, -0.05) is 58.8 Å². The topological polar surface area (TPSA) is 59.7 Å². The Bertz CT molecular complexity index is 448. The van der Waals surface area contributed by atoms with Gasteiger partial charge in [-0.25, -0.2) is 0 Å².